The Morgan fingerprint density at radius 2 is 2.04 bits per heavy atom. The molecule has 2 aromatic carbocycles. The van der Waals surface area contributed by atoms with Crippen molar-refractivity contribution in [3.05, 3.63) is 65.7 Å². The van der Waals surface area contributed by atoms with E-state index in [4.69, 9.17) is 5.10 Å². The van der Waals surface area contributed by atoms with E-state index in [0.717, 1.165) is 34.1 Å². The van der Waals surface area contributed by atoms with E-state index in [1.165, 1.54) is 5.56 Å². The molecular formula is C22H23N3O. The van der Waals surface area contributed by atoms with Crippen molar-refractivity contribution < 1.29 is 4.79 Å². The van der Waals surface area contributed by atoms with Gasteiger partial charge in [0.2, 0.25) is 0 Å². The second-order valence-electron chi connectivity index (χ2n) is 6.88. The van der Waals surface area contributed by atoms with Gasteiger partial charge in [-0.2, -0.15) is 5.10 Å². The van der Waals surface area contributed by atoms with Gasteiger partial charge in [0.15, 0.2) is 0 Å². The summed E-state index contributed by atoms with van der Waals surface area (Å²) in [5, 5.41) is 5.88. The van der Waals surface area contributed by atoms with Crippen LogP contribution in [-0.2, 0) is 7.05 Å². The molecule has 0 radical (unpaired) electrons. The molecule has 132 valence electrons. The smallest absolute Gasteiger partial charge is 0.254 e. The number of carbonyl (C=O) groups excluding carboxylic acids is 1. The van der Waals surface area contributed by atoms with Gasteiger partial charge in [-0.15, -0.1) is 0 Å². The van der Waals surface area contributed by atoms with Crippen LogP contribution in [0.5, 0.6) is 0 Å². The molecule has 3 aromatic rings. The third-order valence-electron chi connectivity index (χ3n) is 5.21. The van der Waals surface area contributed by atoms with Crippen molar-refractivity contribution in [1.29, 1.82) is 0 Å². The topological polar surface area (TPSA) is 38.1 Å². The van der Waals surface area contributed by atoms with Crippen molar-refractivity contribution in [2.45, 2.75) is 26.3 Å². The third-order valence-corrected chi connectivity index (χ3v) is 5.21. The second-order valence-corrected chi connectivity index (χ2v) is 6.88. The molecule has 26 heavy (non-hydrogen) atoms. The number of hydrogen-bond donors (Lipinski definition) is 0. The van der Waals surface area contributed by atoms with E-state index in [0.29, 0.717) is 6.54 Å². The predicted molar refractivity (Wildman–Crippen MR) is 105 cm³/mol. The fourth-order valence-corrected chi connectivity index (χ4v) is 3.81. The van der Waals surface area contributed by atoms with Gasteiger partial charge in [0.25, 0.3) is 5.91 Å². The van der Waals surface area contributed by atoms with Crippen molar-refractivity contribution in [2.24, 2.45) is 7.05 Å². The van der Waals surface area contributed by atoms with Crippen LogP contribution in [0.15, 0.2) is 54.6 Å². The monoisotopic (exact) mass is 345 g/mol. The van der Waals surface area contributed by atoms with E-state index in [-0.39, 0.29) is 11.9 Å². The summed E-state index contributed by atoms with van der Waals surface area (Å²) < 4.78 is 1.91. The summed E-state index contributed by atoms with van der Waals surface area (Å²) in [6.45, 7) is 4.90. The summed E-state index contributed by atoms with van der Waals surface area (Å²) in [4.78, 5) is 14.9. The van der Waals surface area contributed by atoms with Crippen LogP contribution < -0.4 is 0 Å². The fourth-order valence-electron chi connectivity index (χ4n) is 3.81. The molecule has 1 atom stereocenters. The first-order chi connectivity index (χ1) is 12.6. The minimum atomic E-state index is 0.0839. The fraction of sp³-hybridized carbons (Fsp3) is 0.273. The number of aromatic nitrogens is 2. The van der Waals surface area contributed by atoms with Crippen LogP contribution in [0.3, 0.4) is 0 Å². The Kier molecular flexibility index (Phi) is 4.11. The Morgan fingerprint density at radius 1 is 1.23 bits per heavy atom. The third kappa shape index (κ3) is 2.62. The van der Waals surface area contributed by atoms with Crippen molar-refractivity contribution in [3.8, 4) is 11.3 Å². The van der Waals surface area contributed by atoms with Crippen molar-refractivity contribution in [1.82, 2.24) is 14.7 Å². The Morgan fingerprint density at radius 3 is 2.85 bits per heavy atom. The van der Waals surface area contributed by atoms with Crippen LogP contribution in [0.1, 0.15) is 29.3 Å². The predicted octanol–water partition coefficient (Wildman–Crippen LogP) is 4.34. The van der Waals surface area contributed by atoms with Crippen LogP contribution >= 0.6 is 0 Å². The van der Waals surface area contributed by atoms with Crippen molar-refractivity contribution in [3.63, 3.8) is 0 Å². The number of carbonyl (C=O) groups is 1. The highest BCUT2D eigenvalue weighted by atomic mass is 16.2. The molecule has 0 fully saturated rings. The highest BCUT2D eigenvalue weighted by molar-refractivity contribution is 5.99. The van der Waals surface area contributed by atoms with Gasteiger partial charge < -0.3 is 4.90 Å². The van der Waals surface area contributed by atoms with Crippen LogP contribution in [0, 0.1) is 6.92 Å². The molecule has 4 rings (SSSR count). The molecule has 4 nitrogen and oxygen atoms in total. The molecule has 1 aromatic heterocycles. The first kappa shape index (κ1) is 16.6. The first-order valence-corrected chi connectivity index (χ1v) is 9.10. The van der Waals surface area contributed by atoms with Gasteiger partial charge in [-0.1, -0.05) is 43.3 Å². The Labute approximate surface area is 153 Å². The van der Waals surface area contributed by atoms with Crippen LogP contribution in [-0.4, -0.2) is 33.2 Å². The Hall–Kier alpha value is -2.88. The highest BCUT2D eigenvalue weighted by Gasteiger charge is 2.24. The SMILES string of the molecule is CC[C@@H]1C=CCN1C(=O)c1cccc(-c2nn(C)c3cccc(C)c23)c1. The molecule has 0 saturated heterocycles. The lowest BCUT2D eigenvalue weighted by Gasteiger charge is -2.23. The molecule has 0 N–H and O–H groups in total. The van der Waals surface area contributed by atoms with Gasteiger partial charge in [-0.05, 0) is 37.1 Å². The zero-order valence-electron chi connectivity index (χ0n) is 15.4. The average molecular weight is 345 g/mol. The Balaban J connectivity index is 1.77. The van der Waals surface area contributed by atoms with E-state index in [9.17, 15) is 4.79 Å². The molecular weight excluding hydrogens is 322 g/mol. The molecule has 2 heterocycles. The van der Waals surface area contributed by atoms with Gasteiger partial charge in [-0.25, -0.2) is 0 Å². The van der Waals surface area contributed by atoms with Crippen LogP contribution in [0.4, 0.5) is 0 Å². The van der Waals surface area contributed by atoms with Gasteiger partial charge >= 0.3 is 0 Å². The molecule has 0 saturated carbocycles. The maximum atomic E-state index is 13.0. The summed E-state index contributed by atoms with van der Waals surface area (Å²) >= 11 is 0. The molecule has 1 aliphatic rings. The number of fused-ring (bicyclic) bond motifs is 1. The molecule has 1 aliphatic heterocycles. The number of hydrogen-bond acceptors (Lipinski definition) is 2. The van der Waals surface area contributed by atoms with Crippen LogP contribution in [0.2, 0.25) is 0 Å². The summed E-state index contributed by atoms with van der Waals surface area (Å²) in [5.41, 5.74) is 4.93. The summed E-state index contributed by atoms with van der Waals surface area (Å²) in [7, 11) is 1.96. The van der Waals surface area contributed by atoms with Crippen molar-refractivity contribution >= 4 is 16.8 Å². The second kappa shape index (κ2) is 6.45. The number of nitrogens with zero attached hydrogens (tertiary/aromatic N) is 3. The van der Waals surface area contributed by atoms with Gasteiger partial charge in [0, 0.05) is 30.1 Å². The van der Waals surface area contributed by atoms with E-state index >= 15 is 0 Å². The van der Waals surface area contributed by atoms with Crippen LogP contribution in [0.25, 0.3) is 22.2 Å². The molecule has 0 unspecified atom stereocenters. The summed E-state index contributed by atoms with van der Waals surface area (Å²) in [6.07, 6.45) is 5.13. The summed E-state index contributed by atoms with van der Waals surface area (Å²) in [6, 6.07) is 14.3. The lowest BCUT2D eigenvalue weighted by atomic mass is 10.0. The van der Waals surface area contributed by atoms with Crippen molar-refractivity contribution in [2.75, 3.05) is 6.54 Å². The Bertz CT molecular complexity index is 1020. The molecule has 0 bridgehead atoms. The van der Waals surface area contributed by atoms with E-state index in [2.05, 4.69) is 38.1 Å². The molecule has 1 amide bonds. The van der Waals surface area contributed by atoms with E-state index in [1.807, 2.05) is 47.0 Å². The minimum Gasteiger partial charge on any atom is -0.329 e. The lowest BCUT2D eigenvalue weighted by molar-refractivity contribution is 0.0747. The number of rotatable bonds is 3. The zero-order chi connectivity index (χ0) is 18.3. The zero-order valence-corrected chi connectivity index (χ0v) is 15.4. The van der Waals surface area contributed by atoms with Gasteiger partial charge in [-0.3, -0.25) is 9.48 Å². The lowest BCUT2D eigenvalue weighted by Crippen LogP contribution is -2.35. The molecule has 4 heteroatoms. The van der Waals surface area contributed by atoms with Gasteiger partial charge in [0.1, 0.15) is 5.69 Å². The molecule has 0 spiro atoms. The van der Waals surface area contributed by atoms with E-state index < -0.39 is 0 Å². The quantitative estimate of drug-likeness (QED) is 0.662. The first-order valence-electron chi connectivity index (χ1n) is 9.10. The highest BCUT2D eigenvalue weighted by Crippen LogP contribution is 2.31. The maximum absolute atomic E-state index is 13.0. The number of benzene rings is 2. The number of amides is 1. The maximum Gasteiger partial charge on any atom is 0.254 e. The summed E-state index contributed by atoms with van der Waals surface area (Å²) in [5.74, 6) is 0.0839. The van der Waals surface area contributed by atoms with E-state index in [1.54, 1.807) is 0 Å². The molecule has 0 aliphatic carbocycles. The largest absolute Gasteiger partial charge is 0.329 e. The average Bonchev–Trinajstić information content (AvgIpc) is 3.27. The minimum absolute atomic E-state index is 0.0839. The van der Waals surface area contributed by atoms with Gasteiger partial charge in [0.05, 0.1) is 11.6 Å². The normalized spacial score (nSPS) is 16.6. The standard InChI is InChI=1S/C22H23N3O/c1-4-18-11-7-13-25(18)22(26)17-10-6-9-16(14-17)21-20-15(2)8-5-12-19(20)24(3)23-21/h5-12,14,18H,4,13H2,1-3H3/t18-/m1/s1. The number of aryl methyl sites for hydroxylation is 2.